The summed E-state index contributed by atoms with van der Waals surface area (Å²) in [5.74, 6) is 0.593. The Morgan fingerprint density at radius 2 is 1.89 bits per heavy atom. The highest BCUT2D eigenvalue weighted by atomic mass is 15.1. The fraction of sp³-hybridized carbons (Fsp3) is 0.562. The molecule has 2 rings (SSSR count). The summed E-state index contributed by atoms with van der Waals surface area (Å²) < 4.78 is 0. The van der Waals surface area contributed by atoms with Crippen LogP contribution >= 0.6 is 0 Å². The summed E-state index contributed by atoms with van der Waals surface area (Å²) >= 11 is 0. The Morgan fingerprint density at radius 3 is 2.58 bits per heavy atom. The van der Waals surface area contributed by atoms with Crippen LogP contribution in [0.3, 0.4) is 0 Å². The van der Waals surface area contributed by atoms with E-state index >= 15 is 0 Å². The van der Waals surface area contributed by atoms with Crippen molar-refractivity contribution >= 4 is 5.96 Å². The van der Waals surface area contributed by atoms with Gasteiger partial charge in [-0.15, -0.1) is 0 Å². The molecule has 1 aliphatic rings. The molecule has 1 aromatic carbocycles. The van der Waals surface area contributed by atoms with Crippen molar-refractivity contribution in [2.75, 3.05) is 0 Å². The van der Waals surface area contributed by atoms with Crippen LogP contribution in [0, 0.1) is 6.92 Å². The molecule has 1 saturated carbocycles. The van der Waals surface area contributed by atoms with E-state index in [1.165, 1.54) is 49.7 Å². The first-order valence-corrected chi connectivity index (χ1v) is 7.36. The van der Waals surface area contributed by atoms with Gasteiger partial charge in [0, 0.05) is 6.04 Å². The van der Waals surface area contributed by atoms with Crippen molar-refractivity contribution < 1.29 is 0 Å². The first-order valence-electron chi connectivity index (χ1n) is 7.36. The molecule has 0 heterocycles. The van der Waals surface area contributed by atoms with Crippen LogP contribution in [0.4, 0.5) is 0 Å². The summed E-state index contributed by atoms with van der Waals surface area (Å²) in [5.41, 5.74) is 8.51. The number of rotatable bonds is 3. The van der Waals surface area contributed by atoms with Crippen LogP contribution in [-0.2, 0) is 6.54 Å². The van der Waals surface area contributed by atoms with Gasteiger partial charge in [-0.05, 0) is 30.9 Å². The number of nitrogens with one attached hydrogen (secondary N) is 1. The summed E-state index contributed by atoms with van der Waals surface area (Å²) in [6.45, 7) is 2.78. The molecule has 0 aromatic heterocycles. The number of hydrogen-bond acceptors (Lipinski definition) is 1. The zero-order valence-corrected chi connectivity index (χ0v) is 11.9. The van der Waals surface area contributed by atoms with Gasteiger partial charge in [-0.3, -0.25) is 0 Å². The molecule has 0 aliphatic heterocycles. The normalized spacial score (nSPS) is 18.1. The van der Waals surface area contributed by atoms with Gasteiger partial charge in [0.05, 0.1) is 6.54 Å². The van der Waals surface area contributed by atoms with Gasteiger partial charge in [-0.1, -0.05) is 49.9 Å². The van der Waals surface area contributed by atoms with Gasteiger partial charge < -0.3 is 11.1 Å². The number of nitrogens with zero attached hydrogens (tertiary/aromatic N) is 1. The highest BCUT2D eigenvalue weighted by Crippen LogP contribution is 2.17. The molecule has 19 heavy (non-hydrogen) atoms. The van der Waals surface area contributed by atoms with E-state index in [2.05, 4.69) is 35.4 Å². The molecule has 3 N–H and O–H groups in total. The molecule has 3 nitrogen and oxygen atoms in total. The van der Waals surface area contributed by atoms with Crippen molar-refractivity contribution in [2.24, 2.45) is 10.7 Å². The van der Waals surface area contributed by atoms with Crippen LogP contribution in [0.2, 0.25) is 0 Å². The molecule has 104 valence electrons. The van der Waals surface area contributed by atoms with Crippen LogP contribution < -0.4 is 11.1 Å². The number of aliphatic imine (C=N–C) groups is 1. The van der Waals surface area contributed by atoms with Crippen molar-refractivity contribution in [3.05, 3.63) is 35.4 Å². The predicted octanol–water partition coefficient (Wildman–Crippen LogP) is 3.12. The van der Waals surface area contributed by atoms with Crippen molar-refractivity contribution in [1.82, 2.24) is 5.32 Å². The van der Waals surface area contributed by atoms with E-state index in [0.29, 0.717) is 18.5 Å². The maximum Gasteiger partial charge on any atom is 0.189 e. The molecule has 0 amide bonds. The lowest BCUT2D eigenvalue weighted by molar-refractivity contribution is 0.530. The van der Waals surface area contributed by atoms with Crippen molar-refractivity contribution in [3.8, 4) is 0 Å². The minimum absolute atomic E-state index is 0.517. The summed E-state index contributed by atoms with van der Waals surface area (Å²) in [4.78, 5) is 4.46. The van der Waals surface area contributed by atoms with Crippen molar-refractivity contribution in [3.63, 3.8) is 0 Å². The third-order valence-corrected chi connectivity index (χ3v) is 3.89. The van der Waals surface area contributed by atoms with Crippen molar-refractivity contribution in [2.45, 2.75) is 58.0 Å². The Labute approximate surface area is 116 Å². The fourth-order valence-corrected chi connectivity index (χ4v) is 2.64. The minimum Gasteiger partial charge on any atom is -0.370 e. The average molecular weight is 259 g/mol. The second-order valence-electron chi connectivity index (χ2n) is 5.46. The second-order valence-corrected chi connectivity index (χ2v) is 5.46. The maximum absolute atomic E-state index is 5.99. The van der Waals surface area contributed by atoms with Gasteiger partial charge in [0.15, 0.2) is 5.96 Å². The number of aryl methyl sites for hydroxylation is 1. The highest BCUT2D eigenvalue weighted by molar-refractivity contribution is 5.78. The Kier molecular flexibility index (Phi) is 5.25. The van der Waals surface area contributed by atoms with Crippen LogP contribution in [0.25, 0.3) is 0 Å². The molecular formula is C16H25N3. The van der Waals surface area contributed by atoms with E-state index in [9.17, 15) is 0 Å². The molecule has 0 bridgehead atoms. The van der Waals surface area contributed by atoms with E-state index in [4.69, 9.17) is 5.73 Å². The topological polar surface area (TPSA) is 50.4 Å². The average Bonchev–Trinajstić information content (AvgIpc) is 2.66. The van der Waals surface area contributed by atoms with Crippen molar-refractivity contribution in [1.29, 1.82) is 0 Å². The lowest BCUT2D eigenvalue weighted by atomic mass is 10.1. The first-order chi connectivity index (χ1) is 9.25. The molecule has 1 aliphatic carbocycles. The monoisotopic (exact) mass is 259 g/mol. The van der Waals surface area contributed by atoms with E-state index in [1.54, 1.807) is 0 Å². The zero-order chi connectivity index (χ0) is 13.5. The first kappa shape index (κ1) is 13.9. The van der Waals surface area contributed by atoms with Gasteiger partial charge in [-0.25, -0.2) is 4.99 Å². The van der Waals surface area contributed by atoms with Gasteiger partial charge in [-0.2, -0.15) is 0 Å². The lowest BCUT2D eigenvalue weighted by Gasteiger charge is -2.16. The van der Waals surface area contributed by atoms with E-state index in [0.717, 1.165) is 0 Å². The third kappa shape index (κ3) is 4.58. The van der Waals surface area contributed by atoms with Crippen LogP contribution in [0.15, 0.2) is 29.3 Å². The van der Waals surface area contributed by atoms with Gasteiger partial charge in [0.25, 0.3) is 0 Å². The summed E-state index contributed by atoms with van der Waals surface area (Å²) in [6.07, 6.45) is 7.78. The lowest BCUT2D eigenvalue weighted by Crippen LogP contribution is -2.39. The maximum atomic E-state index is 5.99. The van der Waals surface area contributed by atoms with Crippen LogP contribution in [0.1, 0.15) is 49.7 Å². The number of guanidine groups is 1. The van der Waals surface area contributed by atoms with Gasteiger partial charge in [0.1, 0.15) is 0 Å². The molecule has 1 fully saturated rings. The Hall–Kier alpha value is -1.51. The van der Waals surface area contributed by atoms with Crippen LogP contribution in [-0.4, -0.2) is 12.0 Å². The highest BCUT2D eigenvalue weighted by Gasteiger charge is 2.12. The Morgan fingerprint density at radius 1 is 1.21 bits per heavy atom. The fourth-order valence-electron chi connectivity index (χ4n) is 2.64. The quantitative estimate of drug-likeness (QED) is 0.498. The van der Waals surface area contributed by atoms with Gasteiger partial charge >= 0.3 is 0 Å². The Bertz CT molecular complexity index is 418. The largest absolute Gasteiger partial charge is 0.370 e. The summed E-state index contributed by atoms with van der Waals surface area (Å²) in [7, 11) is 0. The minimum atomic E-state index is 0.517. The molecule has 0 atom stereocenters. The predicted molar refractivity (Wildman–Crippen MR) is 81.1 cm³/mol. The Balaban J connectivity index is 1.86. The van der Waals surface area contributed by atoms with Crippen LogP contribution in [0.5, 0.6) is 0 Å². The zero-order valence-electron chi connectivity index (χ0n) is 11.9. The molecule has 3 heteroatoms. The second kappa shape index (κ2) is 7.17. The molecule has 0 spiro atoms. The standard InChI is InChI=1S/C16H25N3/c1-13-8-6-7-9-14(13)12-18-16(17)19-15-10-4-2-3-5-11-15/h6-9,15H,2-5,10-12H2,1H3,(H3,17,18,19). The number of benzene rings is 1. The SMILES string of the molecule is Cc1ccccc1CN=C(N)NC1CCCCCC1. The van der Waals surface area contributed by atoms with E-state index in [1.807, 2.05) is 6.07 Å². The summed E-state index contributed by atoms with van der Waals surface area (Å²) in [5, 5.41) is 3.38. The molecule has 0 saturated heterocycles. The van der Waals surface area contributed by atoms with Gasteiger partial charge in [0.2, 0.25) is 0 Å². The van der Waals surface area contributed by atoms with E-state index < -0.39 is 0 Å². The summed E-state index contributed by atoms with van der Waals surface area (Å²) in [6, 6.07) is 8.84. The molecule has 0 unspecified atom stereocenters. The smallest absolute Gasteiger partial charge is 0.189 e. The third-order valence-electron chi connectivity index (χ3n) is 3.89. The molecule has 1 aromatic rings. The molecular weight excluding hydrogens is 234 g/mol. The number of hydrogen-bond donors (Lipinski definition) is 2. The van der Waals surface area contributed by atoms with E-state index in [-0.39, 0.29) is 0 Å². The number of nitrogens with two attached hydrogens (primary N) is 1. The molecule has 0 radical (unpaired) electrons.